The summed E-state index contributed by atoms with van der Waals surface area (Å²) in [6, 6.07) is 14.4. The normalized spacial score (nSPS) is 10.8. The molecule has 2 N–H and O–H groups in total. The lowest BCUT2D eigenvalue weighted by molar-refractivity contribution is 0.305. The fraction of sp³-hybridized carbons (Fsp3) is 0.294. The summed E-state index contributed by atoms with van der Waals surface area (Å²) < 4.78 is 6.86. The van der Waals surface area contributed by atoms with E-state index in [1.54, 1.807) is 0 Å². The minimum absolute atomic E-state index is 0.544. The second-order valence-corrected chi connectivity index (χ2v) is 6.00. The third-order valence-corrected chi connectivity index (χ3v) is 4.03. The van der Waals surface area contributed by atoms with E-state index in [0.29, 0.717) is 19.1 Å². The van der Waals surface area contributed by atoms with Crippen LogP contribution in [0.5, 0.6) is 5.75 Å². The highest BCUT2D eigenvalue weighted by Crippen LogP contribution is 2.22. The lowest BCUT2D eigenvalue weighted by atomic mass is 10.0. The van der Waals surface area contributed by atoms with Crippen molar-refractivity contribution >= 4 is 15.9 Å². The van der Waals surface area contributed by atoms with Crippen molar-refractivity contribution in [1.82, 2.24) is 0 Å². The molecule has 0 amide bonds. The number of hydrogen-bond donors (Lipinski definition) is 1. The smallest absolute Gasteiger partial charge is 0.119 e. The Morgan fingerprint density at radius 2 is 1.80 bits per heavy atom. The molecule has 2 aromatic carbocycles. The van der Waals surface area contributed by atoms with Crippen molar-refractivity contribution in [3.8, 4) is 5.75 Å². The van der Waals surface area contributed by atoms with Crippen LogP contribution in [0.4, 0.5) is 0 Å². The summed E-state index contributed by atoms with van der Waals surface area (Å²) in [6.45, 7) is 5.47. The second-order valence-electron chi connectivity index (χ2n) is 5.14. The van der Waals surface area contributed by atoms with Gasteiger partial charge in [0.05, 0.1) is 0 Å². The summed E-state index contributed by atoms with van der Waals surface area (Å²) in [5.41, 5.74) is 9.18. The van der Waals surface area contributed by atoms with Gasteiger partial charge in [-0.3, -0.25) is 0 Å². The van der Waals surface area contributed by atoms with Crippen LogP contribution in [0.1, 0.15) is 36.5 Å². The molecule has 0 saturated carbocycles. The number of halogens is 1. The zero-order chi connectivity index (χ0) is 14.5. The highest BCUT2D eigenvalue weighted by molar-refractivity contribution is 9.10. The van der Waals surface area contributed by atoms with Gasteiger partial charge >= 0.3 is 0 Å². The minimum Gasteiger partial charge on any atom is -0.489 e. The van der Waals surface area contributed by atoms with Crippen molar-refractivity contribution in [1.29, 1.82) is 0 Å². The summed E-state index contributed by atoms with van der Waals surface area (Å²) in [5, 5.41) is 0. The molecule has 0 atom stereocenters. The quantitative estimate of drug-likeness (QED) is 0.867. The van der Waals surface area contributed by atoms with Gasteiger partial charge in [0.1, 0.15) is 12.4 Å². The molecule has 0 aliphatic carbocycles. The average molecular weight is 334 g/mol. The third-order valence-electron chi connectivity index (χ3n) is 3.29. The maximum atomic E-state index is 5.82. The molecule has 2 aromatic rings. The SMILES string of the molecule is CC(C)c1ccc(OCc2ccc(CN)cc2Br)cc1. The van der Waals surface area contributed by atoms with E-state index in [9.17, 15) is 0 Å². The van der Waals surface area contributed by atoms with Crippen LogP contribution in [-0.2, 0) is 13.2 Å². The summed E-state index contributed by atoms with van der Waals surface area (Å²) in [6.07, 6.45) is 0. The maximum absolute atomic E-state index is 5.82. The Balaban J connectivity index is 2.01. The van der Waals surface area contributed by atoms with Crippen molar-refractivity contribution in [2.75, 3.05) is 0 Å². The van der Waals surface area contributed by atoms with Crippen LogP contribution in [0.2, 0.25) is 0 Å². The van der Waals surface area contributed by atoms with E-state index in [0.717, 1.165) is 21.3 Å². The van der Waals surface area contributed by atoms with E-state index in [-0.39, 0.29) is 0 Å². The summed E-state index contributed by atoms with van der Waals surface area (Å²) >= 11 is 3.56. The maximum Gasteiger partial charge on any atom is 0.119 e. The fourth-order valence-electron chi connectivity index (χ4n) is 1.94. The van der Waals surface area contributed by atoms with Crippen LogP contribution >= 0.6 is 15.9 Å². The number of rotatable bonds is 5. The Bertz CT molecular complexity index is 564. The van der Waals surface area contributed by atoms with Crippen molar-refractivity contribution in [3.05, 3.63) is 63.6 Å². The van der Waals surface area contributed by atoms with E-state index in [1.807, 2.05) is 24.3 Å². The fourth-order valence-corrected chi connectivity index (χ4v) is 2.49. The van der Waals surface area contributed by atoms with Gasteiger partial charge in [0.25, 0.3) is 0 Å². The molecule has 2 rings (SSSR count). The number of ether oxygens (including phenoxy) is 1. The van der Waals surface area contributed by atoms with Crippen molar-refractivity contribution in [3.63, 3.8) is 0 Å². The molecule has 0 heterocycles. The highest BCUT2D eigenvalue weighted by Gasteiger charge is 2.03. The van der Waals surface area contributed by atoms with Gasteiger partial charge in [-0.1, -0.05) is 54.0 Å². The van der Waals surface area contributed by atoms with Crippen molar-refractivity contribution in [2.24, 2.45) is 5.73 Å². The van der Waals surface area contributed by atoms with E-state index in [2.05, 4.69) is 48.0 Å². The monoisotopic (exact) mass is 333 g/mol. The van der Waals surface area contributed by atoms with Crippen molar-refractivity contribution in [2.45, 2.75) is 32.9 Å². The molecular formula is C17H20BrNO. The van der Waals surface area contributed by atoms with Gasteiger partial charge < -0.3 is 10.5 Å². The first-order valence-corrected chi connectivity index (χ1v) is 7.59. The number of hydrogen-bond acceptors (Lipinski definition) is 2. The van der Waals surface area contributed by atoms with Gasteiger partial charge in [0.2, 0.25) is 0 Å². The summed E-state index contributed by atoms with van der Waals surface area (Å²) in [4.78, 5) is 0. The molecule has 0 aromatic heterocycles. The van der Waals surface area contributed by atoms with E-state index < -0.39 is 0 Å². The zero-order valence-corrected chi connectivity index (χ0v) is 13.5. The predicted molar refractivity (Wildman–Crippen MR) is 86.9 cm³/mol. The molecule has 0 bridgehead atoms. The molecule has 0 aliphatic heterocycles. The predicted octanol–water partition coefficient (Wildman–Crippen LogP) is 4.61. The molecule has 20 heavy (non-hydrogen) atoms. The number of benzene rings is 2. The van der Waals surface area contributed by atoms with Gasteiger partial charge in [-0.2, -0.15) is 0 Å². The molecule has 0 spiro atoms. The first-order valence-electron chi connectivity index (χ1n) is 6.80. The molecule has 106 valence electrons. The second kappa shape index (κ2) is 6.91. The van der Waals surface area contributed by atoms with E-state index in [1.165, 1.54) is 5.56 Å². The van der Waals surface area contributed by atoms with Crippen LogP contribution in [0.3, 0.4) is 0 Å². The van der Waals surface area contributed by atoms with Crippen LogP contribution in [0, 0.1) is 0 Å². The third kappa shape index (κ3) is 3.84. The standard InChI is InChI=1S/C17H20BrNO/c1-12(2)14-5-7-16(8-6-14)20-11-15-4-3-13(10-19)9-17(15)18/h3-9,12H,10-11,19H2,1-2H3. The Kier molecular flexibility index (Phi) is 5.21. The molecular weight excluding hydrogens is 314 g/mol. The van der Waals surface area contributed by atoms with Crippen molar-refractivity contribution < 1.29 is 4.74 Å². The van der Waals surface area contributed by atoms with Gasteiger partial charge in [-0.05, 0) is 35.2 Å². The van der Waals surface area contributed by atoms with Gasteiger partial charge in [0, 0.05) is 16.6 Å². The molecule has 0 saturated heterocycles. The van der Waals surface area contributed by atoms with E-state index >= 15 is 0 Å². The Morgan fingerprint density at radius 3 is 2.35 bits per heavy atom. The Morgan fingerprint density at radius 1 is 1.10 bits per heavy atom. The minimum atomic E-state index is 0.544. The lowest BCUT2D eigenvalue weighted by Crippen LogP contribution is -2.00. The van der Waals surface area contributed by atoms with Crippen LogP contribution in [0.25, 0.3) is 0 Å². The molecule has 3 heteroatoms. The van der Waals surface area contributed by atoms with Gasteiger partial charge in [0.15, 0.2) is 0 Å². The summed E-state index contributed by atoms with van der Waals surface area (Å²) in [5.74, 6) is 1.44. The Hall–Kier alpha value is -1.32. The zero-order valence-electron chi connectivity index (χ0n) is 11.9. The van der Waals surface area contributed by atoms with Crippen LogP contribution < -0.4 is 10.5 Å². The molecule has 0 radical (unpaired) electrons. The molecule has 2 nitrogen and oxygen atoms in total. The van der Waals surface area contributed by atoms with Gasteiger partial charge in [-0.15, -0.1) is 0 Å². The number of nitrogens with two attached hydrogens (primary N) is 1. The summed E-state index contributed by atoms with van der Waals surface area (Å²) in [7, 11) is 0. The van der Waals surface area contributed by atoms with Crippen LogP contribution in [-0.4, -0.2) is 0 Å². The molecule has 0 aliphatic rings. The average Bonchev–Trinajstić information content (AvgIpc) is 2.46. The highest BCUT2D eigenvalue weighted by atomic mass is 79.9. The largest absolute Gasteiger partial charge is 0.489 e. The van der Waals surface area contributed by atoms with Gasteiger partial charge in [-0.25, -0.2) is 0 Å². The first-order chi connectivity index (χ1) is 9.60. The Labute approximate surface area is 129 Å². The topological polar surface area (TPSA) is 35.2 Å². The molecule has 0 unspecified atom stereocenters. The lowest BCUT2D eigenvalue weighted by Gasteiger charge is -2.10. The van der Waals surface area contributed by atoms with Crippen LogP contribution in [0.15, 0.2) is 46.9 Å². The first kappa shape index (κ1) is 15.1. The molecule has 0 fully saturated rings. The van der Waals surface area contributed by atoms with E-state index in [4.69, 9.17) is 10.5 Å².